The molecule has 1 heterocycles. The van der Waals surface area contributed by atoms with Gasteiger partial charge in [0.2, 0.25) is 0 Å². The van der Waals surface area contributed by atoms with Gasteiger partial charge in [-0.3, -0.25) is 10.3 Å². The minimum Gasteiger partial charge on any atom is -0.370 e. The molecule has 0 spiro atoms. The summed E-state index contributed by atoms with van der Waals surface area (Å²) in [5.74, 6) is 0.195. The Bertz CT molecular complexity index is 394. The highest BCUT2D eigenvalue weighted by molar-refractivity contribution is 5.74. The van der Waals surface area contributed by atoms with Gasteiger partial charge in [0.1, 0.15) is 0 Å². The number of benzene rings is 1. The molecule has 3 N–H and O–H groups in total. The Hall–Kier alpha value is -1.55. The summed E-state index contributed by atoms with van der Waals surface area (Å²) in [6.07, 6.45) is 0. The molecule has 17 heavy (non-hydrogen) atoms. The smallest absolute Gasteiger partial charge is 0.188 e. The number of piperazine rings is 1. The zero-order chi connectivity index (χ0) is 12.3. The van der Waals surface area contributed by atoms with Crippen molar-refractivity contribution < 1.29 is 0 Å². The maximum atomic E-state index is 7.39. The maximum absolute atomic E-state index is 7.39. The number of nitrogens with two attached hydrogens (primary N) is 1. The van der Waals surface area contributed by atoms with Crippen molar-refractivity contribution >= 4 is 5.96 Å². The number of aryl methyl sites for hydroxylation is 1. The molecule has 1 saturated heterocycles. The quantitative estimate of drug-likeness (QED) is 0.591. The second kappa shape index (κ2) is 5.19. The Morgan fingerprint density at radius 1 is 1.29 bits per heavy atom. The first-order chi connectivity index (χ1) is 8.15. The highest BCUT2D eigenvalue weighted by Gasteiger charge is 2.17. The van der Waals surface area contributed by atoms with Crippen LogP contribution in [0.25, 0.3) is 0 Å². The van der Waals surface area contributed by atoms with E-state index >= 15 is 0 Å². The van der Waals surface area contributed by atoms with Gasteiger partial charge in [-0.25, -0.2) is 0 Å². The second-order valence-corrected chi connectivity index (χ2v) is 4.64. The van der Waals surface area contributed by atoms with E-state index in [4.69, 9.17) is 11.1 Å². The first-order valence-corrected chi connectivity index (χ1v) is 6.02. The molecule has 92 valence electrons. The molecule has 0 bridgehead atoms. The summed E-state index contributed by atoms with van der Waals surface area (Å²) in [6, 6.07) is 8.63. The first kappa shape index (κ1) is 11.9. The molecule has 4 heteroatoms. The topological polar surface area (TPSA) is 56.4 Å². The minimum atomic E-state index is 0.195. The third-order valence-corrected chi connectivity index (χ3v) is 3.20. The fourth-order valence-electron chi connectivity index (χ4n) is 2.22. The first-order valence-electron chi connectivity index (χ1n) is 6.02. The lowest BCUT2D eigenvalue weighted by molar-refractivity contribution is 0.174. The van der Waals surface area contributed by atoms with Gasteiger partial charge in [0.15, 0.2) is 5.96 Å². The molecule has 0 atom stereocenters. The lowest BCUT2D eigenvalue weighted by Crippen LogP contribution is -2.50. The van der Waals surface area contributed by atoms with E-state index in [0.717, 1.165) is 32.7 Å². The van der Waals surface area contributed by atoms with Crippen molar-refractivity contribution in [3.8, 4) is 0 Å². The Morgan fingerprint density at radius 3 is 2.59 bits per heavy atom. The van der Waals surface area contributed by atoms with Crippen molar-refractivity contribution in [2.75, 3.05) is 26.2 Å². The van der Waals surface area contributed by atoms with E-state index in [1.165, 1.54) is 11.1 Å². The van der Waals surface area contributed by atoms with E-state index < -0.39 is 0 Å². The molecule has 1 fully saturated rings. The molecule has 1 aromatic carbocycles. The zero-order valence-corrected chi connectivity index (χ0v) is 10.3. The third-order valence-electron chi connectivity index (χ3n) is 3.20. The van der Waals surface area contributed by atoms with Gasteiger partial charge in [0.25, 0.3) is 0 Å². The summed E-state index contributed by atoms with van der Waals surface area (Å²) in [5, 5.41) is 7.39. The van der Waals surface area contributed by atoms with Crippen molar-refractivity contribution in [3.05, 3.63) is 35.4 Å². The standard InChI is InChI=1S/C13H20N4/c1-11-3-2-4-12(9-11)10-16-5-7-17(8-6-16)13(14)15/h2-4,9H,5-8,10H2,1H3,(H3,14,15). The van der Waals surface area contributed by atoms with Gasteiger partial charge < -0.3 is 10.6 Å². The molecule has 1 aromatic rings. The molecule has 0 radical (unpaired) electrons. The molecule has 1 aliphatic heterocycles. The molecular formula is C13H20N4. The summed E-state index contributed by atoms with van der Waals surface area (Å²) in [6.45, 7) is 6.80. The second-order valence-electron chi connectivity index (χ2n) is 4.64. The van der Waals surface area contributed by atoms with Crippen LogP contribution in [-0.2, 0) is 6.54 Å². The number of hydrogen-bond donors (Lipinski definition) is 2. The van der Waals surface area contributed by atoms with Crippen molar-refractivity contribution in [3.63, 3.8) is 0 Å². The van der Waals surface area contributed by atoms with Crippen molar-refractivity contribution in [1.29, 1.82) is 5.41 Å². The minimum absolute atomic E-state index is 0.195. The van der Waals surface area contributed by atoms with Crippen LogP contribution in [0, 0.1) is 12.3 Å². The monoisotopic (exact) mass is 232 g/mol. The van der Waals surface area contributed by atoms with Crippen LogP contribution < -0.4 is 5.73 Å². The summed E-state index contributed by atoms with van der Waals surface area (Å²) >= 11 is 0. The summed E-state index contributed by atoms with van der Waals surface area (Å²) < 4.78 is 0. The number of hydrogen-bond acceptors (Lipinski definition) is 2. The van der Waals surface area contributed by atoms with E-state index in [1.807, 2.05) is 4.90 Å². The van der Waals surface area contributed by atoms with Crippen molar-refractivity contribution in [2.24, 2.45) is 5.73 Å². The Morgan fingerprint density at radius 2 is 2.00 bits per heavy atom. The highest BCUT2D eigenvalue weighted by Crippen LogP contribution is 2.09. The number of nitrogens with one attached hydrogen (secondary N) is 1. The van der Waals surface area contributed by atoms with E-state index in [1.54, 1.807) is 0 Å². The van der Waals surface area contributed by atoms with Crippen LogP contribution in [0.4, 0.5) is 0 Å². The normalized spacial score (nSPS) is 17.1. The summed E-state index contributed by atoms with van der Waals surface area (Å²) in [5.41, 5.74) is 8.15. The lowest BCUT2D eigenvalue weighted by atomic mass is 10.1. The van der Waals surface area contributed by atoms with E-state index in [2.05, 4.69) is 36.1 Å². The molecule has 0 saturated carbocycles. The fraction of sp³-hybridized carbons (Fsp3) is 0.462. The van der Waals surface area contributed by atoms with Crippen LogP contribution in [0.3, 0.4) is 0 Å². The van der Waals surface area contributed by atoms with Crippen LogP contribution >= 0.6 is 0 Å². The van der Waals surface area contributed by atoms with Gasteiger partial charge in [0, 0.05) is 32.7 Å². The fourth-order valence-corrected chi connectivity index (χ4v) is 2.22. The largest absolute Gasteiger partial charge is 0.370 e. The molecule has 0 aliphatic carbocycles. The zero-order valence-electron chi connectivity index (χ0n) is 10.3. The van der Waals surface area contributed by atoms with E-state index in [0.29, 0.717) is 0 Å². The Balaban J connectivity index is 1.88. The molecule has 4 nitrogen and oxygen atoms in total. The predicted octanol–water partition coefficient (Wildman–Crippen LogP) is 1.01. The number of nitrogens with zero attached hydrogens (tertiary/aromatic N) is 2. The molecule has 1 aliphatic rings. The van der Waals surface area contributed by atoms with Crippen LogP contribution in [0.2, 0.25) is 0 Å². The number of rotatable bonds is 2. The van der Waals surface area contributed by atoms with Crippen LogP contribution in [0.1, 0.15) is 11.1 Å². The SMILES string of the molecule is Cc1cccc(CN2CCN(C(=N)N)CC2)c1. The summed E-state index contributed by atoms with van der Waals surface area (Å²) in [7, 11) is 0. The molecule has 0 aromatic heterocycles. The Kier molecular flexibility index (Phi) is 3.64. The molecule has 2 rings (SSSR count). The Labute approximate surface area is 103 Å². The van der Waals surface area contributed by atoms with Gasteiger partial charge in [-0.15, -0.1) is 0 Å². The molecule has 0 unspecified atom stereocenters. The summed E-state index contributed by atoms with van der Waals surface area (Å²) in [4.78, 5) is 4.33. The average molecular weight is 232 g/mol. The molecular weight excluding hydrogens is 212 g/mol. The van der Waals surface area contributed by atoms with Crippen LogP contribution in [0.15, 0.2) is 24.3 Å². The van der Waals surface area contributed by atoms with E-state index in [9.17, 15) is 0 Å². The van der Waals surface area contributed by atoms with Crippen LogP contribution in [0.5, 0.6) is 0 Å². The van der Waals surface area contributed by atoms with E-state index in [-0.39, 0.29) is 5.96 Å². The van der Waals surface area contributed by atoms with Gasteiger partial charge in [-0.05, 0) is 12.5 Å². The van der Waals surface area contributed by atoms with Gasteiger partial charge in [-0.2, -0.15) is 0 Å². The predicted molar refractivity (Wildman–Crippen MR) is 69.9 cm³/mol. The third kappa shape index (κ3) is 3.20. The molecule has 0 amide bonds. The van der Waals surface area contributed by atoms with Gasteiger partial charge in [-0.1, -0.05) is 29.8 Å². The van der Waals surface area contributed by atoms with Crippen molar-refractivity contribution in [2.45, 2.75) is 13.5 Å². The van der Waals surface area contributed by atoms with Gasteiger partial charge >= 0.3 is 0 Å². The lowest BCUT2D eigenvalue weighted by Gasteiger charge is -2.34. The average Bonchev–Trinajstić information content (AvgIpc) is 2.29. The number of guanidine groups is 1. The highest BCUT2D eigenvalue weighted by atomic mass is 15.3. The van der Waals surface area contributed by atoms with Gasteiger partial charge in [0.05, 0.1) is 0 Å². The van der Waals surface area contributed by atoms with Crippen molar-refractivity contribution in [1.82, 2.24) is 9.80 Å². The van der Waals surface area contributed by atoms with Crippen LogP contribution in [-0.4, -0.2) is 41.9 Å². The maximum Gasteiger partial charge on any atom is 0.188 e.